The maximum absolute atomic E-state index is 2.23. The van der Waals surface area contributed by atoms with Gasteiger partial charge in [-0.15, -0.1) is 5.30 Å². The third-order valence-electron chi connectivity index (χ3n) is 3.49. The Kier molecular flexibility index (Phi) is 7.70. The molecule has 0 heterocycles. The fourth-order valence-electron chi connectivity index (χ4n) is 2.44. The van der Waals surface area contributed by atoms with Gasteiger partial charge in [-0.05, 0) is 10.6 Å². The van der Waals surface area contributed by atoms with Crippen molar-refractivity contribution in [2.75, 3.05) is 0 Å². The zero-order valence-corrected chi connectivity index (χ0v) is 15.1. The molecule has 0 amide bonds. The van der Waals surface area contributed by atoms with Gasteiger partial charge in [-0.2, -0.15) is 12.1 Å². The second-order valence-corrected chi connectivity index (χ2v) is 7.33. The molecule has 0 aliphatic heterocycles. The largest absolute Gasteiger partial charge is 0.748 e. The summed E-state index contributed by atoms with van der Waals surface area (Å²) >= 11 is 0. The van der Waals surface area contributed by atoms with E-state index in [2.05, 4.69) is 84.9 Å². The molecule has 0 saturated carbocycles. The van der Waals surface area contributed by atoms with Crippen LogP contribution in [0.5, 0.6) is 0 Å². The minimum atomic E-state index is -0.409. The van der Waals surface area contributed by atoms with Crippen molar-refractivity contribution in [2.24, 2.45) is 0 Å². The van der Waals surface area contributed by atoms with Crippen molar-refractivity contribution in [1.29, 1.82) is 0 Å². The molecule has 0 saturated heterocycles. The normalized spacial score (nSPS) is 9.71. The van der Waals surface area contributed by atoms with Gasteiger partial charge in [0.25, 0.3) is 0 Å². The van der Waals surface area contributed by atoms with Crippen molar-refractivity contribution in [1.82, 2.24) is 0 Å². The fourth-order valence-corrected chi connectivity index (χ4v) is 4.74. The van der Waals surface area contributed by atoms with Gasteiger partial charge >= 0.3 is 0 Å². The molecule has 0 N–H and O–H groups in total. The molecule has 24 heavy (non-hydrogen) atoms. The van der Waals surface area contributed by atoms with Crippen molar-refractivity contribution in [3.8, 4) is 0 Å². The standard InChI is InChI=1S/C17H14P.C5H5.Ni/c1-3-9-15(10-4-1)18(17-13-7-8-14-17)16-11-5-2-6-12-16;1-2-4-5-3-1;/h1-14H;1-5H;/q-1;-5;. The molecule has 0 nitrogen and oxygen atoms in total. The molecule has 4 aromatic rings. The van der Waals surface area contributed by atoms with Crippen LogP contribution in [-0.2, 0) is 16.5 Å². The van der Waals surface area contributed by atoms with E-state index in [1.807, 2.05) is 30.3 Å². The summed E-state index contributed by atoms with van der Waals surface area (Å²) in [6.07, 6.45) is 0. The molecule has 2 heteroatoms. The van der Waals surface area contributed by atoms with Gasteiger partial charge < -0.3 is 30.3 Å². The van der Waals surface area contributed by atoms with E-state index in [0.29, 0.717) is 0 Å². The Labute approximate surface area is 155 Å². The average molecular weight is 373 g/mol. The molecule has 0 aliphatic rings. The first-order chi connectivity index (χ1) is 11.4. The second kappa shape index (κ2) is 10.0. The van der Waals surface area contributed by atoms with E-state index in [1.54, 1.807) is 0 Å². The SMILES string of the molecule is [Ni].[cH-]1[cH-][cH-][cH-][cH-]1.c1ccc(P(c2ccccc2)[c-]2cccc2)cc1. The van der Waals surface area contributed by atoms with Crippen LogP contribution in [0.15, 0.2) is 115 Å². The van der Waals surface area contributed by atoms with Gasteiger partial charge in [0.15, 0.2) is 0 Å². The van der Waals surface area contributed by atoms with Crippen LogP contribution in [0, 0.1) is 0 Å². The zero-order valence-electron chi connectivity index (χ0n) is 13.2. The molecular formula is C22H19NiP-6. The van der Waals surface area contributed by atoms with Crippen LogP contribution in [0.2, 0.25) is 0 Å². The monoisotopic (exact) mass is 372 g/mol. The van der Waals surface area contributed by atoms with Crippen LogP contribution in [0.25, 0.3) is 0 Å². The smallest absolute Gasteiger partial charge is 0 e. The second-order valence-electron chi connectivity index (χ2n) is 5.11. The fraction of sp³-hybridized carbons (Fsp3) is 0. The Morgan fingerprint density at radius 2 is 0.917 bits per heavy atom. The molecule has 0 atom stereocenters. The van der Waals surface area contributed by atoms with Crippen LogP contribution >= 0.6 is 7.92 Å². The summed E-state index contributed by atoms with van der Waals surface area (Å²) in [5.41, 5.74) is 0. The van der Waals surface area contributed by atoms with Gasteiger partial charge in [0.05, 0.1) is 0 Å². The minimum absolute atomic E-state index is 0. The predicted octanol–water partition coefficient (Wildman–Crippen LogP) is 4.57. The quantitative estimate of drug-likeness (QED) is 0.281. The van der Waals surface area contributed by atoms with Crippen LogP contribution in [0.3, 0.4) is 0 Å². The van der Waals surface area contributed by atoms with Gasteiger partial charge in [0.2, 0.25) is 0 Å². The van der Waals surface area contributed by atoms with E-state index in [1.165, 1.54) is 15.9 Å². The molecule has 0 fully saturated rings. The molecule has 0 spiro atoms. The molecule has 0 aromatic heterocycles. The van der Waals surface area contributed by atoms with E-state index < -0.39 is 7.92 Å². The van der Waals surface area contributed by atoms with E-state index in [0.717, 1.165) is 0 Å². The Morgan fingerprint density at radius 3 is 1.29 bits per heavy atom. The summed E-state index contributed by atoms with van der Waals surface area (Å²) < 4.78 is 0. The molecule has 0 aliphatic carbocycles. The first kappa shape index (κ1) is 18.4. The van der Waals surface area contributed by atoms with Crippen molar-refractivity contribution in [3.05, 3.63) is 115 Å². The molecule has 0 bridgehead atoms. The van der Waals surface area contributed by atoms with Gasteiger partial charge in [-0.3, -0.25) is 0 Å². The van der Waals surface area contributed by atoms with Crippen molar-refractivity contribution >= 4 is 23.8 Å². The Bertz CT molecular complexity index is 703. The number of hydrogen-bond acceptors (Lipinski definition) is 0. The molecule has 4 aromatic carbocycles. The third kappa shape index (κ3) is 5.03. The topological polar surface area (TPSA) is 0 Å². The summed E-state index contributed by atoms with van der Waals surface area (Å²) in [6, 6.07) is 40.2. The van der Waals surface area contributed by atoms with Crippen molar-refractivity contribution in [3.63, 3.8) is 0 Å². The summed E-state index contributed by atoms with van der Waals surface area (Å²) in [4.78, 5) is 0. The predicted molar refractivity (Wildman–Crippen MR) is 103 cm³/mol. The minimum Gasteiger partial charge on any atom is -0.748 e. The molecular weight excluding hydrogens is 354 g/mol. The van der Waals surface area contributed by atoms with E-state index in [9.17, 15) is 0 Å². The van der Waals surface area contributed by atoms with Gasteiger partial charge in [0.1, 0.15) is 0 Å². The van der Waals surface area contributed by atoms with Crippen LogP contribution < -0.4 is 15.9 Å². The molecule has 0 unspecified atom stereocenters. The first-order valence-electron chi connectivity index (χ1n) is 7.74. The summed E-state index contributed by atoms with van der Waals surface area (Å²) in [6.45, 7) is 0. The van der Waals surface area contributed by atoms with E-state index in [4.69, 9.17) is 0 Å². The van der Waals surface area contributed by atoms with Crippen LogP contribution in [-0.4, -0.2) is 0 Å². The number of benzene rings is 2. The maximum atomic E-state index is 2.23. The van der Waals surface area contributed by atoms with E-state index in [-0.39, 0.29) is 16.5 Å². The van der Waals surface area contributed by atoms with E-state index >= 15 is 0 Å². The Balaban J connectivity index is 0.000000300. The average Bonchev–Trinajstić information content (AvgIpc) is 3.34. The molecule has 0 radical (unpaired) electrons. The summed E-state index contributed by atoms with van der Waals surface area (Å²) in [5, 5.41) is 4.23. The molecule has 128 valence electrons. The van der Waals surface area contributed by atoms with Gasteiger partial charge in [-0.1, -0.05) is 68.6 Å². The Morgan fingerprint density at radius 1 is 0.542 bits per heavy atom. The van der Waals surface area contributed by atoms with Gasteiger partial charge in [-0.25, -0.2) is 12.1 Å². The zero-order chi connectivity index (χ0) is 15.7. The number of hydrogen-bond donors (Lipinski definition) is 0. The Hall–Kier alpha value is -1.94. The third-order valence-corrected chi connectivity index (χ3v) is 5.93. The molecule has 4 rings (SSSR count). The van der Waals surface area contributed by atoms with Crippen LogP contribution in [0.4, 0.5) is 0 Å². The number of rotatable bonds is 3. The maximum Gasteiger partial charge on any atom is 0 e. The summed E-state index contributed by atoms with van der Waals surface area (Å²) in [7, 11) is -0.409. The first-order valence-corrected chi connectivity index (χ1v) is 9.08. The van der Waals surface area contributed by atoms with Gasteiger partial charge in [0, 0.05) is 16.5 Å². The van der Waals surface area contributed by atoms with Crippen LogP contribution in [0.1, 0.15) is 0 Å². The van der Waals surface area contributed by atoms with Crippen molar-refractivity contribution in [2.45, 2.75) is 0 Å². The van der Waals surface area contributed by atoms with Crippen molar-refractivity contribution < 1.29 is 16.5 Å². The summed E-state index contributed by atoms with van der Waals surface area (Å²) in [5.74, 6) is 0.